The van der Waals surface area contributed by atoms with Gasteiger partial charge in [0.1, 0.15) is 11.5 Å². The lowest BCUT2D eigenvalue weighted by molar-refractivity contribution is 0.299. The number of fused-ring (bicyclic) bond motifs is 2. The zero-order chi connectivity index (χ0) is 18.8. The van der Waals surface area contributed by atoms with Crippen molar-refractivity contribution in [3.8, 4) is 5.75 Å². The van der Waals surface area contributed by atoms with E-state index in [1.54, 1.807) is 7.11 Å². The molecular formula is C23H29NO2S. The van der Waals surface area contributed by atoms with E-state index in [1.807, 2.05) is 0 Å². The number of hydrogen-bond acceptors (Lipinski definition) is 3. The number of likely N-dealkylation sites (N-methyl/N-ethyl adjacent to an activating group) is 1. The zero-order valence-electron chi connectivity index (χ0n) is 16.4. The van der Waals surface area contributed by atoms with E-state index in [0.29, 0.717) is 5.92 Å². The Balaban J connectivity index is 1.38. The second-order valence-corrected chi connectivity index (χ2v) is 9.41. The molecule has 144 valence electrons. The monoisotopic (exact) mass is 383 g/mol. The first-order valence-electron chi connectivity index (χ1n) is 10.00. The number of aryl methyl sites for hydroxylation is 1. The van der Waals surface area contributed by atoms with Gasteiger partial charge < -0.3 is 14.2 Å². The van der Waals surface area contributed by atoms with Gasteiger partial charge in [-0.3, -0.25) is 0 Å². The Morgan fingerprint density at radius 2 is 2.11 bits per heavy atom. The predicted molar refractivity (Wildman–Crippen MR) is 111 cm³/mol. The lowest BCUT2D eigenvalue weighted by Gasteiger charge is -2.30. The maximum absolute atomic E-state index is 11.9. The van der Waals surface area contributed by atoms with E-state index in [2.05, 4.69) is 48.3 Å². The quantitative estimate of drug-likeness (QED) is 0.709. The van der Waals surface area contributed by atoms with Crippen LogP contribution in [0.25, 0.3) is 0 Å². The molecule has 0 radical (unpaired) electrons. The van der Waals surface area contributed by atoms with Crippen molar-refractivity contribution in [3.05, 3.63) is 58.7 Å². The average Bonchev–Trinajstić information content (AvgIpc) is 3.06. The van der Waals surface area contributed by atoms with Crippen LogP contribution in [0.3, 0.4) is 0 Å². The second-order valence-electron chi connectivity index (χ2n) is 7.87. The Kier molecular flexibility index (Phi) is 5.76. The summed E-state index contributed by atoms with van der Waals surface area (Å²) in [5.74, 6) is 2.44. The minimum atomic E-state index is -0.768. The number of ether oxygens (including phenoxy) is 1. The van der Waals surface area contributed by atoms with Gasteiger partial charge in [0.05, 0.1) is 7.11 Å². The van der Waals surface area contributed by atoms with Crippen LogP contribution < -0.4 is 4.74 Å². The fraction of sp³-hybridized carbons (Fsp3) is 0.478. The number of benzene rings is 2. The largest absolute Gasteiger partial charge is 0.611 e. The van der Waals surface area contributed by atoms with Gasteiger partial charge in [-0.15, -0.1) is 0 Å². The molecule has 0 fully saturated rings. The van der Waals surface area contributed by atoms with Crippen molar-refractivity contribution in [2.75, 3.05) is 33.0 Å². The summed E-state index contributed by atoms with van der Waals surface area (Å²) in [6, 6.07) is 13.0. The highest BCUT2D eigenvalue weighted by Crippen LogP contribution is 2.37. The Hall–Kier alpha value is -1.49. The van der Waals surface area contributed by atoms with Gasteiger partial charge >= 0.3 is 0 Å². The number of nitrogens with zero attached hydrogens (tertiary/aromatic N) is 1. The minimum Gasteiger partial charge on any atom is -0.611 e. The van der Waals surface area contributed by atoms with Crippen LogP contribution in [0.4, 0.5) is 0 Å². The molecule has 1 aliphatic heterocycles. The molecule has 4 rings (SSSR count). The molecule has 1 heterocycles. The smallest absolute Gasteiger partial charge is 0.156 e. The van der Waals surface area contributed by atoms with E-state index in [9.17, 15) is 4.55 Å². The van der Waals surface area contributed by atoms with Crippen LogP contribution >= 0.6 is 0 Å². The molecular weight excluding hydrogens is 354 g/mol. The number of rotatable bonds is 6. The fourth-order valence-corrected chi connectivity index (χ4v) is 5.90. The topological polar surface area (TPSA) is 35.5 Å². The standard InChI is InChI=1S/C23H29NO2S/c1-24(13-11-17-9-10-23-18(15-17)12-14-27(23)25)16-19-5-3-7-21-20(19)6-4-8-22(21)26-2/h4,6,8-10,15,19H,3,5,7,11-14,16H2,1-2H3. The fourth-order valence-electron chi connectivity index (χ4n) is 4.60. The molecule has 2 aromatic rings. The average molecular weight is 384 g/mol. The third-order valence-corrected chi connectivity index (χ3v) is 7.51. The van der Waals surface area contributed by atoms with Gasteiger partial charge in [0, 0.05) is 25.1 Å². The van der Waals surface area contributed by atoms with Crippen molar-refractivity contribution in [2.24, 2.45) is 0 Å². The van der Waals surface area contributed by atoms with Crippen LogP contribution in [-0.2, 0) is 30.4 Å². The first-order valence-corrected chi connectivity index (χ1v) is 11.3. The van der Waals surface area contributed by atoms with Gasteiger partial charge in [-0.25, -0.2) is 0 Å². The van der Waals surface area contributed by atoms with Crippen LogP contribution in [0.15, 0.2) is 41.3 Å². The van der Waals surface area contributed by atoms with Crippen molar-refractivity contribution in [1.82, 2.24) is 4.90 Å². The third kappa shape index (κ3) is 4.03. The van der Waals surface area contributed by atoms with Gasteiger partial charge in [-0.05, 0) is 78.6 Å². The molecule has 2 aliphatic rings. The Bertz CT molecular complexity index is 807. The van der Waals surface area contributed by atoms with E-state index in [-0.39, 0.29) is 0 Å². The van der Waals surface area contributed by atoms with Crippen LogP contribution in [0.2, 0.25) is 0 Å². The summed E-state index contributed by atoms with van der Waals surface area (Å²) in [5, 5.41) is 0. The molecule has 0 spiro atoms. The normalized spacial score (nSPS) is 21.2. The van der Waals surface area contributed by atoms with Crippen LogP contribution in [0, 0.1) is 0 Å². The summed E-state index contributed by atoms with van der Waals surface area (Å²) in [4.78, 5) is 3.52. The molecule has 2 unspecified atom stereocenters. The van der Waals surface area contributed by atoms with Crippen molar-refractivity contribution >= 4 is 11.2 Å². The van der Waals surface area contributed by atoms with Crippen molar-refractivity contribution < 1.29 is 9.29 Å². The second kappa shape index (κ2) is 8.26. The van der Waals surface area contributed by atoms with E-state index in [4.69, 9.17) is 4.74 Å². The molecule has 27 heavy (non-hydrogen) atoms. The molecule has 1 aliphatic carbocycles. The summed E-state index contributed by atoms with van der Waals surface area (Å²) in [6.45, 7) is 2.15. The summed E-state index contributed by atoms with van der Waals surface area (Å²) in [5.41, 5.74) is 5.55. The van der Waals surface area contributed by atoms with Crippen LogP contribution in [0.5, 0.6) is 5.75 Å². The van der Waals surface area contributed by atoms with Gasteiger partial charge in [-0.2, -0.15) is 0 Å². The van der Waals surface area contributed by atoms with E-state index in [1.165, 1.54) is 35.1 Å². The summed E-state index contributed by atoms with van der Waals surface area (Å²) < 4.78 is 17.5. The third-order valence-electron chi connectivity index (χ3n) is 6.05. The molecule has 0 saturated heterocycles. The van der Waals surface area contributed by atoms with Crippen molar-refractivity contribution in [1.29, 1.82) is 0 Å². The maximum Gasteiger partial charge on any atom is 0.156 e. The Labute approximate surface area is 165 Å². The molecule has 0 N–H and O–H groups in total. The molecule has 3 nitrogen and oxygen atoms in total. The van der Waals surface area contributed by atoms with E-state index >= 15 is 0 Å². The first kappa shape index (κ1) is 18.9. The van der Waals surface area contributed by atoms with Crippen molar-refractivity contribution in [3.63, 3.8) is 0 Å². The zero-order valence-corrected chi connectivity index (χ0v) is 17.2. The highest BCUT2D eigenvalue weighted by atomic mass is 32.2. The van der Waals surface area contributed by atoms with E-state index in [0.717, 1.165) is 48.7 Å². The van der Waals surface area contributed by atoms with Gasteiger partial charge in [0.25, 0.3) is 0 Å². The lowest BCUT2D eigenvalue weighted by atomic mass is 9.82. The van der Waals surface area contributed by atoms with Gasteiger partial charge in [0.2, 0.25) is 0 Å². The number of methoxy groups -OCH3 is 1. The van der Waals surface area contributed by atoms with E-state index < -0.39 is 11.2 Å². The summed E-state index contributed by atoms with van der Waals surface area (Å²) in [7, 11) is 4.01. The molecule has 2 atom stereocenters. The maximum atomic E-state index is 11.9. The highest BCUT2D eigenvalue weighted by molar-refractivity contribution is 7.91. The first-order chi connectivity index (χ1) is 13.2. The Morgan fingerprint density at radius 1 is 1.22 bits per heavy atom. The molecule has 2 aromatic carbocycles. The van der Waals surface area contributed by atoms with Crippen LogP contribution in [-0.4, -0.2) is 42.5 Å². The van der Waals surface area contributed by atoms with Crippen LogP contribution in [0.1, 0.15) is 41.0 Å². The molecule has 0 saturated carbocycles. The molecule has 0 bridgehead atoms. The minimum absolute atomic E-state index is 0.594. The molecule has 0 amide bonds. The summed E-state index contributed by atoms with van der Waals surface area (Å²) in [6.07, 6.45) is 5.65. The summed E-state index contributed by atoms with van der Waals surface area (Å²) >= 11 is -0.768. The number of hydrogen-bond donors (Lipinski definition) is 0. The SMILES string of the molecule is COc1cccc2c1CCCC2CN(C)CCc1ccc2c(c1)CC[S+]2[O-]. The molecule has 0 aromatic heterocycles. The molecule has 4 heteroatoms. The van der Waals surface area contributed by atoms with Gasteiger partial charge in [-0.1, -0.05) is 24.3 Å². The Morgan fingerprint density at radius 3 is 2.96 bits per heavy atom. The lowest BCUT2D eigenvalue weighted by Crippen LogP contribution is -2.28. The van der Waals surface area contributed by atoms with Gasteiger partial charge in [0.15, 0.2) is 4.90 Å². The van der Waals surface area contributed by atoms with Crippen molar-refractivity contribution in [2.45, 2.75) is 42.9 Å². The predicted octanol–water partition coefficient (Wildman–Crippen LogP) is 3.95. The highest BCUT2D eigenvalue weighted by Gasteiger charge is 2.25.